The molecular weight excluding hydrogens is 419 g/mol. The van der Waals surface area contributed by atoms with Crippen LogP contribution in [0.4, 0.5) is 15.8 Å². The lowest BCUT2D eigenvalue weighted by Crippen LogP contribution is -2.30. The van der Waals surface area contributed by atoms with Gasteiger partial charge in [-0.3, -0.25) is 9.52 Å². The third-order valence-corrected chi connectivity index (χ3v) is 6.09. The van der Waals surface area contributed by atoms with Crippen molar-refractivity contribution in [2.24, 2.45) is 0 Å². The Bertz CT molecular complexity index is 1180. The molecule has 0 radical (unpaired) electrons. The standard InChI is InChI=1S/C23H23FN2O4S/c1-15-4-11-21(14-16(15)2)30-17(3)23(27)25-19-9-12-22(13-10-19)31(28,29)26-20-7-5-18(24)6-8-20/h4-14,17,26H,1-3H3,(H,25,27)/t17-/m1/s1. The largest absolute Gasteiger partial charge is 0.481 e. The molecule has 0 aliphatic rings. The third kappa shape index (κ3) is 5.82. The fourth-order valence-electron chi connectivity index (χ4n) is 2.74. The zero-order chi connectivity index (χ0) is 22.6. The molecule has 31 heavy (non-hydrogen) atoms. The van der Waals surface area contributed by atoms with Crippen molar-refractivity contribution in [1.29, 1.82) is 0 Å². The minimum atomic E-state index is -3.85. The van der Waals surface area contributed by atoms with Crippen LogP contribution in [0, 0.1) is 19.7 Å². The number of amides is 1. The number of carbonyl (C=O) groups excluding carboxylic acids is 1. The van der Waals surface area contributed by atoms with Crippen molar-refractivity contribution < 1.29 is 22.3 Å². The highest BCUT2D eigenvalue weighted by Crippen LogP contribution is 2.20. The number of sulfonamides is 1. The van der Waals surface area contributed by atoms with Crippen LogP contribution in [0.5, 0.6) is 5.75 Å². The van der Waals surface area contributed by atoms with Crippen molar-refractivity contribution in [3.63, 3.8) is 0 Å². The van der Waals surface area contributed by atoms with Crippen molar-refractivity contribution >= 4 is 27.3 Å². The summed E-state index contributed by atoms with van der Waals surface area (Å²) in [6.45, 7) is 5.59. The average Bonchev–Trinajstić information content (AvgIpc) is 2.72. The van der Waals surface area contributed by atoms with Crippen LogP contribution in [0.2, 0.25) is 0 Å². The van der Waals surface area contributed by atoms with Crippen molar-refractivity contribution in [1.82, 2.24) is 0 Å². The molecule has 0 aliphatic heterocycles. The topological polar surface area (TPSA) is 84.5 Å². The van der Waals surface area contributed by atoms with E-state index in [0.29, 0.717) is 11.4 Å². The number of hydrogen-bond donors (Lipinski definition) is 2. The molecule has 0 aliphatic carbocycles. The first-order valence-corrected chi connectivity index (χ1v) is 11.1. The summed E-state index contributed by atoms with van der Waals surface area (Å²) in [5, 5.41) is 2.70. The van der Waals surface area contributed by atoms with Gasteiger partial charge in [0.2, 0.25) is 0 Å². The monoisotopic (exact) mass is 442 g/mol. The van der Waals surface area contributed by atoms with Gasteiger partial charge in [-0.05, 0) is 92.6 Å². The summed E-state index contributed by atoms with van der Waals surface area (Å²) in [5.74, 6) is -0.226. The molecule has 0 heterocycles. The van der Waals surface area contributed by atoms with Gasteiger partial charge in [0.05, 0.1) is 4.90 Å². The number of hydrogen-bond acceptors (Lipinski definition) is 4. The Hall–Kier alpha value is -3.39. The van der Waals surface area contributed by atoms with Crippen LogP contribution in [-0.2, 0) is 14.8 Å². The first kappa shape index (κ1) is 22.3. The van der Waals surface area contributed by atoms with Gasteiger partial charge in [-0.2, -0.15) is 0 Å². The molecule has 0 aromatic heterocycles. The first-order chi connectivity index (χ1) is 14.6. The molecule has 0 spiro atoms. The molecule has 0 unspecified atom stereocenters. The lowest BCUT2D eigenvalue weighted by atomic mass is 10.1. The fourth-order valence-corrected chi connectivity index (χ4v) is 3.80. The second-order valence-corrected chi connectivity index (χ2v) is 8.81. The molecule has 162 valence electrons. The summed E-state index contributed by atoms with van der Waals surface area (Å²) in [6, 6.07) is 16.3. The maximum Gasteiger partial charge on any atom is 0.265 e. The summed E-state index contributed by atoms with van der Waals surface area (Å²) >= 11 is 0. The van der Waals surface area contributed by atoms with E-state index in [1.807, 2.05) is 26.0 Å². The number of halogens is 1. The Balaban J connectivity index is 1.63. The van der Waals surface area contributed by atoms with Crippen LogP contribution in [0.25, 0.3) is 0 Å². The number of benzene rings is 3. The van der Waals surface area contributed by atoms with Crippen LogP contribution >= 0.6 is 0 Å². The second-order valence-electron chi connectivity index (χ2n) is 7.13. The Morgan fingerprint density at radius 2 is 1.52 bits per heavy atom. The number of aryl methyl sites for hydroxylation is 2. The summed E-state index contributed by atoms with van der Waals surface area (Å²) in [5.41, 5.74) is 2.88. The highest BCUT2D eigenvalue weighted by atomic mass is 32.2. The molecule has 0 bridgehead atoms. The van der Waals surface area contributed by atoms with E-state index in [1.165, 1.54) is 36.4 Å². The summed E-state index contributed by atoms with van der Waals surface area (Å²) in [6.07, 6.45) is -0.745. The minimum absolute atomic E-state index is 0.00857. The summed E-state index contributed by atoms with van der Waals surface area (Å²) < 4.78 is 46.0. The Labute approximate surface area is 181 Å². The van der Waals surface area contributed by atoms with Gasteiger partial charge in [-0.25, -0.2) is 12.8 Å². The number of ether oxygens (including phenoxy) is 1. The Morgan fingerprint density at radius 3 is 2.13 bits per heavy atom. The van der Waals surface area contributed by atoms with Crippen molar-refractivity contribution in [2.45, 2.75) is 31.8 Å². The molecule has 8 heteroatoms. The van der Waals surface area contributed by atoms with Crippen LogP contribution in [0.1, 0.15) is 18.1 Å². The van der Waals surface area contributed by atoms with E-state index >= 15 is 0 Å². The average molecular weight is 443 g/mol. The first-order valence-electron chi connectivity index (χ1n) is 9.57. The molecule has 3 rings (SSSR count). The van der Waals surface area contributed by atoms with E-state index in [4.69, 9.17) is 4.74 Å². The van der Waals surface area contributed by atoms with E-state index in [0.717, 1.165) is 23.3 Å². The summed E-state index contributed by atoms with van der Waals surface area (Å²) in [7, 11) is -3.85. The molecule has 3 aromatic carbocycles. The van der Waals surface area contributed by atoms with Crippen molar-refractivity contribution in [2.75, 3.05) is 10.0 Å². The quantitative estimate of drug-likeness (QED) is 0.558. The molecular formula is C23H23FN2O4S. The molecule has 6 nitrogen and oxygen atoms in total. The van der Waals surface area contributed by atoms with Gasteiger partial charge in [0, 0.05) is 11.4 Å². The van der Waals surface area contributed by atoms with Gasteiger partial charge in [0.15, 0.2) is 6.10 Å². The fraction of sp³-hybridized carbons (Fsp3) is 0.174. The maximum atomic E-state index is 13.0. The lowest BCUT2D eigenvalue weighted by molar-refractivity contribution is -0.122. The van der Waals surface area contributed by atoms with Gasteiger partial charge in [0.1, 0.15) is 11.6 Å². The zero-order valence-electron chi connectivity index (χ0n) is 17.3. The smallest absolute Gasteiger partial charge is 0.265 e. The number of anilines is 2. The number of nitrogens with one attached hydrogen (secondary N) is 2. The van der Waals surface area contributed by atoms with E-state index in [2.05, 4.69) is 10.0 Å². The number of carbonyl (C=O) groups is 1. The molecule has 3 aromatic rings. The Morgan fingerprint density at radius 1 is 0.903 bits per heavy atom. The minimum Gasteiger partial charge on any atom is -0.481 e. The highest BCUT2D eigenvalue weighted by Gasteiger charge is 2.17. The van der Waals surface area contributed by atoms with Gasteiger partial charge in [-0.1, -0.05) is 6.07 Å². The van der Waals surface area contributed by atoms with E-state index in [1.54, 1.807) is 13.0 Å². The van der Waals surface area contributed by atoms with Gasteiger partial charge in [-0.15, -0.1) is 0 Å². The molecule has 1 amide bonds. The van der Waals surface area contributed by atoms with E-state index < -0.39 is 21.9 Å². The Kier molecular flexibility index (Phi) is 6.60. The van der Waals surface area contributed by atoms with Crippen molar-refractivity contribution in [3.05, 3.63) is 83.7 Å². The van der Waals surface area contributed by atoms with Crippen molar-refractivity contribution in [3.8, 4) is 5.75 Å². The van der Waals surface area contributed by atoms with Crippen LogP contribution in [0.3, 0.4) is 0 Å². The molecule has 0 saturated heterocycles. The highest BCUT2D eigenvalue weighted by molar-refractivity contribution is 7.92. The predicted molar refractivity (Wildman–Crippen MR) is 118 cm³/mol. The predicted octanol–water partition coefficient (Wildman–Crippen LogP) is 4.65. The molecule has 2 N–H and O–H groups in total. The normalized spacial score (nSPS) is 12.1. The second kappa shape index (κ2) is 9.18. The van der Waals surface area contributed by atoms with Gasteiger partial charge in [0.25, 0.3) is 15.9 Å². The van der Waals surface area contributed by atoms with Crippen LogP contribution in [-0.4, -0.2) is 20.4 Å². The molecule has 0 saturated carbocycles. The van der Waals surface area contributed by atoms with E-state index in [9.17, 15) is 17.6 Å². The van der Waals surface area contributed by atoms with E-state index in [-0.39, 0.29) is 16.5 Å². The summed E-state index contributed by atoms with van der Waals surface area (Å²) in [4.78, 5) is 12.4. The molecule has 1 atom stereocenters. The van der Waals surface area contributed by atoms with Crippen LogP contribution in [0.15, 0.2) is 71.6 Å². The lowest BCUT2D eigenvalue weighted by Gasteiger charge is -2.16. The maximum absolute atomic E-state index is 13.0. The SMILES string of the molecule is Cc1ccc(O[C@H](C)C(=O)Nc2ccc(S(=O)(=O)Nc3ccc(F)cc3)cc2)cc1C. The number of rotatable bonds is 7. The zero-order valence-corrected chi connectivity index (χ0v) is 18.2. The third-order valence-electron chi connectivity index (χ3n) is 4.69. The van der Waals surface area contributed by atoms with Crippen LogP contribution < -0.4 is 14.8 Å². The van der Waals surface area contributed by atoms with Gasteiger partial charge < -0.3 is 10.1 Å². The van der Waals surface area contributed by atoms with Gasteiger partial charge >= 0.3 is 0 Å². The molecule has 0 fully saturated rings.